The van der Waals surface area contributed by atoms with Gasteiger partial charge in [0.25, 0.3) is 0 Å². The normalized spacial score (nSPS) is 20.5. The fourth-order valence-corrected chi connectivity index (χ4v) is 3.23. The van der Waals surface area contributed by atoms with Gasteiger partial charge in [-0.25, -0.2) is 4.99 Å². The zero-order valence-corrected chi connectivity index (χ0v) is 13.8. The molecule has 0 saturated carbocycles. The van der Waals surface area contributed by atoms with E-state index in [1.807, 2.05) is 61.5 Å². The Bertz CT molecular complexity index is 988. The highest BCUT2D eigenvalue weighted by Gasteiger charge is 2.31. The van der Waals surface area contributed by atoms with Crippen LogP contribution in [0.4, 0.5) is 0 Å². The summed E-state index contributed by atoms with van der Waals surface area (Å²) in [7, 11) is 0. The Morgan fingerprint density at radius 1 is 1.12 bits per heavy atom. The van der Waals surface area contributed by atoms with Crippen molar-refractivity contribution in [2.24, 2.45) is 10.7 Å². The maximum Gasteiger partial charge on any atom is 0.226 e. The molecule has 24 heavy (non-hydrogen) atoms. The summed E-state index contributed by atoms with van der Waals surface area (Å²) >= 11 is 6.34. The highest BCUT2D eigenvalue weighted by atomic mass is 35.5. The van der Waals surface area contributed by atoms with Crippen molar-refractivity contribution in [2.45, 2.75) is 12.6 Å². The van der Waals surface area contributed by atoms with Crippen LogP contribution in [-0.2, 0) is 5.66 Å². The number of aromatic nitrogens is 2. The van der Waals surface area contributed by atoms with Crippen LogP contribution in [0.2, 0.25) is 5.02 Å². The number of para-hydroxylation sites is 1. The third-order valence-electron chi connectivity index (χ3n) is 4.02. The summed E-state index contributed by atoms with van der Waals surface area (Å²) in [4.78, 5) is 4.71. The Kier molecular flexibility index (Phi) is 3.40. The van der Waals surface area contributed by atoms with Gasteiger partial charge >= 0.3 is 0 Å². The van der Waals surface area contributed by atoms with Crippen molar-refractivity contribution in [1.29, 1.82) is 0 Å². The van der Waals surface area contributed by atoms with E-state index in [0.717, 1.165) is 22.2 Å². The summed E-state index contributed by atoms with van der Waals surface area (Å²) in [6, 6.07) is 15.4. The molecule has 0 radical (unpaired) electrons. The zero-order chi connectivity index (χ0) is 16.7. The van der Waals surface area contributed by atoms with Crippen LogP contribution in [0.3, 0.4) is 0 Å². The number of nitrogens with one attached hydrogen (secondary N) is 1. The summed E-state index contributed by atoms with van der Waals surface area (Å²) < 4.78 is 1.75. The SMILES string of the molecule is CC1=CC(N)(c2ccccc2Cl)N=C(n2ncc3ccccc32)N1. The maximum atomic E-state index is 6.58. The van der Waals surface area contributed by atoms with E-state index < -0.39 is 5.66 Å². The molecule has 2 aromatic carbocycles. The van der Waals surface area contributed by atoms with E-state index in [1.54, 1.807) is 10.9 Å². The highest BCUT2D eigenvalue weighted by molar-refractivity contribution is 6.31. The van der Waals surface area contributed by atoms with Gasteiger partial charge in [-0.15, -0.1) is 0 Å². The molecule has 1 aromatic heterocycles. The van der Waals surface area contributed by atoms with Crippen molar-refractivity contribution < 1.29 is 0 Å². The first-order chi connectivity index (χ1) is 11.6. The minimum atomic E-state index is -1.05. The average Bonchev–Trinajstić information content (AvgIpc) is 2.98. The lowest BCUT2D eigenvalue weighted by atomic mass is 9.98. The Morgan fingerprint density at radius 2 is 1.88 bits per heavy atom. The standard InChI is InChI=1S/C18H16ClN5/c1-12-10-18(20,14-7-3-4-8-15(14)19)23-17(22-12)24-16-9-5-2-6-13(16)11-21-24/h2-11H,20H2,1H3,(H,22,23). The number of halogens is 1. The summed E-state index contributed by atoms with van der Waals surface area (Å²) in [6.07, 6.45) is 3.67. The van der Waals surface area contributed by atoms with Crippen LogP contribution in [0.15, 0.2) is 71.5 Å². The van der Waals surface area contributed by atoms with E-state index in [9.17, 15) is 0 Å². The number of aliphatic imine (C=N–C) groups is 1. The lowest BCUT2D eigenvalue weighted by Crippen LogP contribution is -2.44. The first-order valence-electron chi connectivity index (χ1n) is 7.60. The summed E-state index contributed by atoms with van der Waals surface area (Å²) in [5, 5.41) is 9.31. The first kappa shape index (κ1) is 14.9. The molecule has 3 aromatic rings. The molecule has 1 atom stereocenters. The monoisotopic (exact) mass is 337 g/mol. The molecule has 0 bridgehead atoms. The van der Waals surface area contributed by atoms with Crippen LogP contribution >= 0.6 is 11.6 Å². The van der Waals surface area contributed by atoms with Crippen molar-refractivity contribution in [1.82, 2.24) is 15.1 Å². The Labute approximate surface area is 144 Å². The lowest BCUT2D eigenvalue weighted by Gasteiger charge is -2.29. The van der Waals surface area contributed by atoms with Gasteiger partial charge in [-0.3, -0.25) is 5.73 Å². The molecule has 3 N–H and O–H groups in total. The maximum absolute atomic E-state index is 6.58. The van der Waals surface area contributed by atoms with Crippen LogP contribution in [0.5, 0.6) is 0 Å². The highest BCUT2D eigenvalue weighted by Crippen LogP contribution is 2.31. The van der Waals surface area contributed by atoms with Gasteiger partial charge in [-0.2, -0.15) is 9.78 Å². The third kappa shape index (κ3) is 2.38. The number of hydrogen-bond donors (Lipinski definition) is 2. The largest absolute Gasteiger partial charge is 0.329 e. The summed E-state index contributed by atoms with van der Waals surface area (Å²) in [6.45, 7) is 1.94. The number of rotatable bonds is 1. The van der Waals surface area contributed by atoms with Crippen LogP contribution in [0.25, 0.3) is 10.9 Å². The van der Waals surface area contributed by atoms with Gasteiger partial charge in [0.05, 0.1) is 11.7 Å². The molecule has 0 spiro atoms. The second-order valence-corrected chi connectivity index (χ2v) is 6.22. The van der Waals surface area contributed by atoms with E-state index >= 15 is 0 Å². The van der Waals surface area contributed by atoms with E-state index in [1.165, 1.54) is 0 Å². The minimum absolute atomic E-state index is 0.568. The minimum Gasteiger partial charge on any atom is -0.329 e. The second kappa shape index (κ2) is 5.47. The predicted molar refractivity (Wildman–Crippen MR) is 96.8 cm³/mol. The second-order valence-electron chi connectivity index (χ2n) is 5.81. The summed E-state index contributed by atoms with van der Waals surface area (Å²) in [5.41, 5.74) is 8.14. The Hall–Kier alpha value is -2.63. The molecule has 6 heteroatoms. The Balaban J connectivity index is 1.88. The summed E-state index contributed by atoms with van der Waals surface area (Å²) in [5.74, 6) is 0.568. The molecule has 0 aliphatic carbocycles. The number of fused-ring (bicyclic) bond motifs is 1. The number of nitrogens with zero attached hydrogens (tertiary/aromatic N) is 3. The number of hydrogen-bond acceptors (Lipinski definition) is 4. The van der Waals surface area contributed by atoms with Crippen molar-refractivity contribution in [3.05, 3.63) is 77.1 Å². The number of benzene rings is 2. The molecule has 1 aliphatic rings. The van der Waals surface area contributed by atoms with Crippen LogP contribution < -0.4 is 11.1 Å². The quantitative estimate of drug-likeness (QED) is 0.716. The lowest BCUT2D eigenvalue weighted by molar-refractivity contribution is 0.566. The topological polar surface area (TPSA) is 68.2 Å². The molecule has 120 valence electrons. The first-order valence-corrected chi connectivity index (χ1v) is 7.98. The van der Waals surface area contributed by atoms with Gasteiger partial charge in [-0.1, -0.05) is 48.0 Å². The van der Waals surface area contributed by atoms with Crippen molar-refractivity contribution in [3.8, 4) is 0 Å². The van der Waals surface area contributed by atoms with Gasteiger partial charge in [-0.05, 0) is 25.1 Å². The molecule has 2 heterocycles. The zero-order valence-electron chi connectivity index (χ0n) is 13.1. The van der Waals surface area contributed by atoms with Crippen molar-refractivity contribution in [2.75, 3.05) is 0 Å². The Morgan fingerprint density at radius 3 is 2.71 bits per heavy atom. The molecule has 0 saturated heterocycles. The van der Waals surface area contributed by atoms with Gasteiger partial charge in [0.2, 0.25) is 5.96 Å². The molecule has 1 aliphatic heterocycles. The fraction of sp³-hybridized carbons (Fsp3) is 0.111. The van der Waals surface area contributed by atoms with E-state index in [2.05, 4.69) is 10.4 Å². The molecule has 5 nitrogen and oxygen atoms in total. The van der Waals surface area contributed by atoms with E-state index in [0.29, 0.717) is 11.0 Å². The van der Waals surface area contributed by atoms with E-state index in [-0.39, 0.29) is 0 Å². The van der Waals surface area contributed by atoms with Gasteiger partial charge in [0.15, 0.2) is 5.66 Å². The number of allylic oxidation sites excluding steroid dienone is 1. The molecular weight excluding hydrogens is 322 g/mol. The predicted octanol–water partition coefficient (Wildman–Crippen LogP) is 3.21. The van der Waals surface area contributed by atoms with Gasteiger partial charge in [0, 0.05) is 21.7 Å². The van der Waals surface area contributed by atoms with Crippen LogP contribution in [0, 0.1) is 0 Å². The van der Waals surface area contributed by atoms with Crippen molar-refractivity contribution in [3.63, 3.8) is 0 Å². The van der Waals surface area contributed by atoms with Gasteiger partial charge < -0.3 is 5.32 Å². The molecular formula is C18H16ClN5. The molecule has 1 unspecified atom stereocenters. The number of nitrogens with two attached hydrogens (primary N) is 1. The molecule has 4 rings (SSSR count). The van der Waals surface area contributed by atoms with Crippen molar-refractivity contribution >= 4 is 28.5 Å². The molecule has 0 amide bonds. The van der Waals surface area contributed by atoms with Gasteiger partial charge in [0.1, 0.15) is 0 Å². The smallest absolute Gasteiger partial charge is 0.226 e. The average molecular weight is 338 g/mol. The van der Waals surface area contributed by atoms with E-state index in [4.69, 9.17) is 22.3 Å². The van der Waals surface area contributed by atoms with Crippen LogP contribution in [0.1, 0.15) is 12.5 Å². The molecule has 0 fully saturated rings. The fourth-order valence-electron chi connectivity index (χ4n) is 2.94. The third-order valence-corrected chi connectivity index (χ3v) is 4.35. The van der Waals surface area contributed by atoms with Crippen LogP contribution in [-0.4, -0.2) is 15.7 Å².